The third-order valence-electron chi connectivity index (χ3n) is 6.29. The third kappa shape index (κ3) is 5.40. The molecule has 0 amide bonds. The third-order valence-corrected chi connectivity index (χ3v) is 6.29. The van der Waals surface area contributed by atoms with Gasteiger partial charge in [-0.05, 0) is 47.9 Å². The molecule has 0 spiro atoms. The lowest BCUT2D eigenvalue weighted by Gasteiger charge is -2.29. The lowest BCUT2D eigenvalue weighted by atomic mass is 10.00. The minimum absolute atomic E-state index is 0.0124. The van der Waals surface area contributed by atoms with Crippen molar-refractivity contribution in [3.05, 3.63) is 81.3 Å². The highest BCUT2D eigenvalue weighted by Gasteiger charge is 2.33. The van der Waals surface area contributed by atoms with Gasteiger partial charge in [0.2, 0.25) is 0 Å². The first-order valence-corrected chi connectivity index (χ1v) is 11.5. The van der Waals surface area contributed by atoms with Gasteiger partial charge in [-0.2, -0.15) is 13.2 Å². The molecule has 1 aliphatic rings. The molecule has 36 heavy (non-hydrogen) atoms. The number of alkyl halides is 3. The highest BCUT2D eigenvalue weighted by atomic mass is 19.4. The Kier molecular flexibility index (Phi) is 7.39. The molecule has 1 saturated heterocycles. The topological polar surface area (TPSA) is 87.0 Å². The van der Waals surface area contributed by atoms with Gasteiger partial charge in [0.25, 0.3) is 5.56 Å². The second-order valence-corrected chi connectivity index (χ2v) is 8.78. The summed E-state index contributed by atoms with van der Waals surface area (Å²) in [6.07, 6.45) is -4.34. The van der Waals surface area contributed by atoms with Gasteiger partial charge in [0.05, 0.1) is 25.4 Å². The van der Waals surface area contributed by atoms with Gasteiger partial charge in [-0.15, -0.1) is 0 Å². The second kappa shape index (κ2) is 10.3. The molecule has 0 bridgehead atoms. The molecule has 2 aromatic carbocycles. The summed E-state index contributed by atoms with van der Waals surface area (Å²) >= 11 is 0. The van der Waals surface area contributed by atoms with Crippen molar-refractivity contribution < 1.29 is 28.1 Å². The molecule has 1 aromatic heterocycles. The second-order valence-electron chi connectivity index (χ2n) is 8.78. The van der Waals surface area contributed by atoms with Crippen molar-refractivity contribution in [1.82, 2.24) is 4.57 Å². The van der Waals surface area contributed by atoms with E-state index in [4.69, 9.17) is 4.74 Å². The maximum Gasteiger partial charge on any atom is 0.416 e. The molecule has 1 fully saturated rings. The van der Waals surface area contributed by atoms with Gasteiger partial charge in [-0.3, -0.25) is 4.79 Å². The van der Waals surface area contributed by atoms with Crippen molar-refractivity contribution >= 4 is 11.4 Å². The number of ether oxygens (including phenoxy) is 1. The number of morpholine rings is 1. The molecule has 0 aliphatic carbocycles. The molecule has 192 valence electrons. The molecule has 0 saturated carbocycles. The molecule has 2 heterocycles. The molecule has 4 rings (SSSR count). The van der Waals surface area contributed by atoms with E-state index in [1.165, 1.54) is 10.6 Å². The molecule has 1 atom stereocenters. The average Bonchev–Trinajstić information content (AvgIpc) is 2.86. The molecular formula is C26H28F3N3O4. The zero-order valence-corrected chi connectivity index (χ0v) is 20.0. The van der Waals surface area contributed by atoms with Crippen LogP contribution in [0.4, 0.5) is 24.5 Å². The Hall–Kier alpha value is -3.34. The number of aromatic nitrogens is 1. The summed E-state index contributed by atoms with van der Waals surface area (Å²) in [5, 5.41) is 22.7. The van der Waals surface area contributed by atoms with E-state index in [2.05, 4.69) is 5.32 Å². The molecule has 3 aromatic rings. The van der Waals surface area contributed by atoms with Crippen molar-refractivity contribution in [3.8, 4) is 11.1 Å². The number of nitrogens with one attached hydrogen (secondary N) is 1. The minimum atomic E-state index is -4.66. The number of hydrogen-bond donors (Lipinski definition) is 3. The van der Waals surface area contributed by atoms with Crippen molar-refractivity contribution in [2.24, 2.45) is 7.05 Å². The van der Waals surface area contributed by atoms with Crippen LogP contribution in [0.2, 0.25) is 0 Å². The molecule has 1 unspecified atom stereocenters. The van der Waals surface area contributed by atoms with Crippen LogP contribution in [0.5, 0.6) is 0 Å². The zero-order valence-electron chi connectivity index (χ0n) is 20.0. The van der Waals surface area contributed by atoms with Gasteiger partial charge < -0.3 is 29.7 Å². The molecule has 1 aliphatic heterocycles. The average molecular weight is 504 g/mol. The Bertz CT molecular complexity index is 1300. The minimum Gasteiger partial charge on any atom is -0.392 e. The fraction of sp³-hybridized carbons (Fsp3) is 0.346. The quantitative estimate of drug-likeness (QED) is 0.444. The van der Waals surface area contributed by atoms with Crippen LogP contribution in [0.3, 0.4) is 0 Å². The van der Waals surface area contributed by atoms with Gasteiger partial charge in [0.1, 0.15) is 5.69 Å². The summed E-state index contributed by atoms with van der Waals surface area (Å²) in [7, 11) is 1.69. The highest BCUT2D eigenvalue weighted by molar-refractivity contribution is 5.74. The number of aryl methyl sites for hydroxylation is 2. The van der Waals surface area contributed by atoms with Gasteiger partial charge in [-0.25, -0.2) is 0 Å². The first-order chi connectivity index (χ1) is 17.1. The van der Waals surface area contributed by atoms with E-state index in [1.807, 2.05) is 24.0 Å². The maximum absolute atomic E-state index is 13.4. The zero-order chi connectivity index (χ0) is 26.0. The molecule has 10 heteroatoms. The summed E-state index contributed by atoms with van der Waals surface area (Å²) < 4.78 is 47.0. The smallest absolute Gasteiger partial charge is 0.392 e. The van der Waals surface area contributed by atoms with E-state index in [1.54, 1.807) is 25.4 Å². The van der Waals surface area contributed by atoms with E-state index < -0.39 is 24.6 Å². The van der Waals surface area contributed by atoms with Gasteiger partial charge in [0.15, 0.2) is 6.23 Å². The standard InChI is InChI=1S/C26H28F3N3O4/c1-16-3-6-20(30-24(34)17-4-5-18(15-33)22(11-17)26(27,28)29)13-21(16)19-12-23(25(35)31(2)14-19)32-7-9-36-10-8-32/h3-6,11-14,24,30,33-34H,7-10,15H2,1-2H3. The van der Waals surface area contributed by atoms with Crippen LogP contribution in [0.15, 0.2) is 53.5 Å². The number of rotatable bonds is 6. The van der Waals surface area contributed by atoms with Crippen LogP contribution in [-0.4, -0.2) is 41.1 Å². The normalized spacial score (nSPS) is 15.1. The van der Waals surface area contributed by atoms with Crippen LogP contribution in [0.1, 0.15) is 28.5 Å². The number of aliphatic hydroxyl groups is 2. The van der Waals surface area contributed by atoms with Crippen LogP contribution >= 0.6 is 0 Å². The summed E-state index contributed by atoms with van der Waals surface area (Å²) in [6.45, 7) is 3.46. The SMILES string of the molecule is Cc1ccc(NC(O)c2ccc(CO)c(C(F)(F)F)c2)cc1-c1cc(N2CCOCC2)c(=O)n(C)c1. The molecule has 0 radical (unpaired) electrons. The lowest BCUT2D eigenvalue weighted by Crippen LogP contribution is -2.40. The van der Waals surface area contributed by atoms with Crippen molar-refractivity contribution in [2.45, 2.75) is 25.9 Å². The fourth-order valence-corrected chi connectivity index (χ4v) is 4.30. The number of nitrogens with zero attached hydrogens (tertiary/aromatic N) is 2. The summed E-state index contributed by atoms with van der Waals surface area (Å²) in [5.74, 6) is 0. The van der Waals surface area contributed by atoms with Gasteiger partial charge in [-0.1, -0.05) is 18.2 Å². The number of anilines is 2. The number of pyridine rings is 1. The van der Waals surface area contributed by atoms with Gasteiger partial charge in [0, 0.05) is 43.1 Å². The summed E-state index contributed by atoms with van der Waals surface area (Å²) in [5.41, 5.74) is 2.23. The highest BCUT2D eigenvalue weighted by Crippen LogP contribution is 2.35. The summed E-state index contributed by atoms with van der Waals surface area (Å²) in [4.78, 5) is 14.8. The van der Waals surface area contributed by atoms with Crippen LogP contribution < -0.4 is 15.8 Å². The Labute approximate surface area is 206 Å². The number of hydrogen-bond acceptors (Lipinski definition) is 6. The van der Waals surface area contributed by atoms with Crippen LogP contribution in [-0.2, 0) is 24.6 Å². The Morgan fingerprint density at radius 1 is 1.11 bits per heavy atom. The van der Waals surface area contributed by atoms with Crippen molar-refractivity contribution in [1.29, 1.82) is 0 Å². The Morgan fingerprint density at radius 3 is 2.50 bits per heavy atom. The monoisotopic (exact) mass is 503 g/mol. The Morgan fingerprint density at radius 2 is 1.83 bits per heavy atom. The molecule has 7 nitrogen and oxygen atoms in total. The predicted molar refractivity (Wildman–Crippen MR) is 131 cm³/mol. The number of halogens is 3. The fourth-order valence-electron chi connectivity index (χ4n) is 4.30. The first-order valence-electron chi connectivity index (χ1n) is 11.5. The van der Waals surface area contributed by atoms with E-state index in [9.17, 15) is 28.2 Å². The predicted octanol–water partition coefficient (Wildman–Crippen LogP) is 3.81. The van der Waals surface area contributed by atoms with E-state index in [-0.39, 0.29) is 16.7 Å². The van der Waals surface area contributed by atoms with Gasteiger partial charge >= 0.3 is 6.18 Å². The van der Waals surface area contributed by atoms with E-state index in [0.29, 0.717) is 37.7 Å². The first kappa shape index (κ1) is 25.7. The van der Waals surface area contributed by atoms with Crippen LogP contribution in [0, 0.1) is 6.92 Å². The van der Waals surface area contributed by atoms with E-state index in [0.717, 1.165) is 28.8 Å². The lowest BCUT2D eigenvalue weighted by molar-refractivity contribution is -0.138. The maximum atomic E-state index is 13.4. The van der Waals surface area contributed by atoms with Crippen molar-refractivity contribution in [2.75, 3.05) is 36.5 Å². The number of benzene rings is 2. The molecule has 3 N–H and O–H groups in total. The largest absolute Gasteiger partial charge is 0.416 e. The van der Waals surface area contributed by atoms with E-state index >= 15 is 0 Å². The molecular weight excluding hydrogens is 475 g/mol. The number of aliphatic hydroxyl groups excluding tert-OH is 2. The Balaban J connectivity index is 1.65. The summed E-state index contributed by atoms with van der Waals surface area (Å²) in [6, 6.07) is 10.5. The van der Waals surface area contributed by atoms with Crippen molar-refractivity contribution in [3.63, 3.8) is 0 Å². The van der Waals surface area contributed by atoms with Crippen LogP contribution in [0.25, 0.3) is 11.1 Å².